The molecule has 0 saturated heterocycles. The molecule has 2 amide bonds. The Hall–Kier alpha value is -2.60. The zero-order valence-corrected chi connectivity index (χ0v) is 15.5. The monoisotopic (exact) mass is 401 g/mol. The Kier molecular flexibility index (Phi) is 6.77. The third-order valence-corrected chi connectivity index (χ3v) is 3.99. The predicted octanol–water partition coefficient (Wildman–Crippen LogP) is 3.77. The summed E-state index contributed by atoms with van der Waals surface area (Å²) >= 11 is 3.36. The van der Waals surface area contributed by atoms with Gasteiger partial charge in [0.05, 0.1) is 5.70 Å². The number of rotatable bonds is 7. The van der Waals surface area contributed by atoms with Crippen LogP contribution in [0, 0.1) is 6.92 Å². The lowest BCUT2D eigenvalue weighted by Gasteiger charge is -2.11. The van der Waals surface area contributed by atoms with Gasteiger partial charge >= 0.3 is 0 Å². The van der Waals surface area contributed by atoms with E-state index in [1.165, 1.54) is 0 Å². The van der Waals surface area contributed by atoms with Crippen molar-refractivity contribution in [3.8, 4) is 0 Å². The van der Waals surface area contributed by atoms with Crippen molar-refractivity contribution in [3.63, 3.8) is 0 Å². The van der Waals surface area contributed by atoms with Gasteiger partial charge in [-0.2, -0.15) is 0 Å². The minimum atomic E-state index is -0.280. The van der Waals surface area contributed by atoms with Crippen LogP contribution in [0.2, 0.25) is 0 Å². The van der Waals surface area contributed by atoms with Crippen LogP contribution in [0.5, 0.6) is 0 Å². The smallest absolute Gasteiger partial charge is 0.238 e. The van der Waals surface area contributed by atoms with E-state index in [9.17, 15) is 9.59 Å². The molecule has 6 heteroatoms. The first-order valence-electron chi connectivity index (χ1n) is 7.80. The Morgan fingerprint density at radius 2 is 1.52 bits per heavy atom. The molecule has 0 radical (unpaired) electrons. The van der Waals surface area contributed by atoms with Gasteiger partial charge in [0.2, 0.25) is 11.8 Å². The normalized spacial score (nSPS) is 10.0. The highest BCUT2D eigenvalue weighted by Crippen LogP contribution is 2.14. The first kappa shape index (κ1) is 18.7. The number of aryl methyl sites for hydroxylation is 1. The van der Waals surface area contributed by atoms with Crippen molar-refractivity contribution in [2.45, 2.75) is 19.8 Å². The highest BCUT2D eigenvalue weighted by atomic mass is 79.9. The number of hydrogen-bond donors (Lipinski definition) is 3. The summed E-state index contributed by atoms with van der Waals surface area (Å²) in [6.07, 6.45) is 0.185. The number of benzene rings is 2. The minimum absolute atomic E-state index is 0.0817. The summed E-state index contributed by atoms with van der Waals surface area (Å²) in [5.41, 5.74) is 8.57. The van der Waals surface area contributed by atoms with Crippen molar-refractivity contribution < 1.29 is 9.59 Å². The molecule has 0 aliphatic rings. The summed E-state index contributed by atoms with van der Waals surface area (Å²) in [4.78, 5) is 23.7. The van der Waals surface area contributed by atoms with Gasteiger partial charge in [0.15, 0.2) is 0 Å². The second kappa shape index (κ2) is 9.03. The SMILES string of the molecule is C=C(NNC(=O)CCC(=O)Nc1ccc(C)cc1)c1ccc(Br)cc1. The molecule has 0 aromatic heterocycles. The highest BCUT2D eigenvalue weighted by molar-refractivity contribution is 9.10. The van der Waals surface area contributed by atoms with Crippen molar-refractivity contribution in [3.05, 3.63) is 70.7 Å². The van der Waals surface area contributed by atoms with Crippen LogP contribution in [0.1, 0.15) is 24.0 Å². The van der Waals surface area contributed by atoms with Crippen LogP contribution < -0.4 is 16.2 Å². The fourth-order valence-corrected chi connectivity index (χ4v) is 2.28. The van der Waals surface area contributed by atoms with Gasteiger partial charge in [-0.05, 0) is 36.8 Å². The van der Waals surface area contributed by atoms with Crippen LogP contribution >= 0.6 is 15.9 Å². The first-order chi connectivity index (χ1) is 11.9. The van der Waals surface area contributed by atoms with Crippen LogP contribution in [0.4, 0.5) is 5.69 Å². The number of carbonyl (C=O) groups excluding carboxylic acids is 2. The van der Waals surface area contributed by atoms with Gasteiger partial charge in [-0.1, -0.05) is 52.3 Å². The standard InChI is InChI=1S/C19H20BrN3O2/c1-13-3-9-17(10-4-13)21-18(24)11-12-19(25)23-22-14(2)15-5-7-16(20)8-6-15/h3-10,22H,2,11-12H2,1H3,(H,21,24)(H,23,25). The molecule has 0 bridgehead atoms. The number of nitrogens with one attached hydrogen (secondary N) is 3. The Morgan fingerprint density at radius 3 is 2.16 bits per heavy atom. The van der Waals surface area contributed by atoms with Crippen molar-refractivity contribution in [1.29, 1.82) is 0 Å². The zero-order chi connectivity index (χ0) is 18.2. The van der Waals surface area contributed by atoms with Crippen molar-refractivity contribution in [2.24, 2.45) is 0 Å². The summed E-state index contributed by atoms with van der Waals surface area (Å²) in [7, 11) is 0. The summed E-state index contributed by atoms with van der Waals surface area (Å²) in [5, 5.41) is 2.76. The molecule has 25 heavy (non-hydrogen) atoms. The van der Waals surface area contributed by atoms with E-state index < -0.39 is 0 Å². The molecule has 2 rings (SSSR count). The molecule has 0 saturated carbocycles. The Labute approximate surface area is 155 Å². The van der Waals surface area contributed by atoms with E-state index in [1.54, 1.807) is 0 Å². The molecule has 2 aromatic rings. The predicted molar refractivity (Wildman–Crippen MR) is 103 cm³/mol. The molecule has 0 spiro atoms. The maximum absolute atomic E-state index is 11.9. The molecule has 2 aromatic carbocycles. The van der Waals surface area contributed by atoms with Crippen LogP contribution in [-0.2, 0) is 9.59 Å². The summed E-state index contributed by atoms with van der Waals surface area (Å²) < 4.78 is 0.965. The lowest BCUT2D eigenvalue weighted by molar-refractivity contribution is -0.124. The third-order valence-electron chi connectivity index (χ3n) is 3.46. The van der Waals surface area contributed by atoms with E-state index in [0.717, 1.165) is 21.3 Å². The molecular weight excluding hydrogens is 382 g/mol. The number of halogens is 1. The quantitative estimate of drug-likeness (QED) is 0.618. The highest BCUT2D eigenvalue weighted by Gasteiger charge is 2.08. The van der Waals surface area contributed by atoms with Gasteiger partial charge in [-0.25, -0.2) is 0 Å². The number of carbonyl (C=O) groups is 2. The van der Waals surface area contributed by atoms with Gasteiger partial charge in [-0.3, -0.25) is 20.4 Å². The van der Waals surface area contributed by atoms with Crippen molar-refractivity contribution >= 4 is 39.1 Å². The molecular formula is C19H20BrN3O2. The zero-order valence-electron chi connectivity index (χ0n) is 13.9. The van der Waals surface area contributed by atoms with E-state index in [0.29, 0.717) is 5.70 Å². The Bertz CT molecular complexity index is 755. The second-order valence-corrected chi connectivity index (χ2v) is 6.49. The lowest BCUT2D eigenvalue weighted by atomic mass is 10.2. The topological polar surface area (TPSA) is 70.2 Å². The van der Waals surface area contributed by atoms with Crippen LogP contribution in [0.15, 0.2) is 59.6 Å². The largest absolute Gasteiger partial charge is 0.326 e. The molecule has 0 aliphatic carbocycles. The van der Waals surface area contributed by atoms with Gasteiger partial charge in [0.1, 0.15) is 0 Å². The molecule has 0 atom stereocenters. The fourth-order valence-electron chi connectivity index (χ4n) is 2.02. The summed E-state index contributed by atoms with van der Waals surface area (Å²) in [6, 6.07) is 15.0. The third kappa shape index (κ3) is 6.43. The summed E-state index contributed by atoms with van der Waals surface area (Å²) in [5.74, 6) is -0.483. The number of hydrogen-bond acceptors (Lipinski definition) is 3. The second-order valence-electron chi connectivity index (χ2n) is 5.57. The number of amides is 2. The van der Waals surface area contributed by atoms with Gasteiger partial charge in [0.25, 0.3) is 0 Å². The van der Waals surface area contributed by atoms with Gasteiger partial charge in [0, 0.05) is 23.0 Å². The molecule has 0 unspecified atom stereocenters. The van der Waals surface area contributed by atoms with Crippen molar-refractivity contribution in [2.75, 3.05) is 5.32 Å². The lowest BCUT2D eigenvalue weighted by Crippen LogP contribution is -2.36. The molecule has 0 heterocycles. The molecule has 0 aliphatic heterocycles. The molecule has 3 N–H and O–H groups in total. The van der Waals surface area contributed by atoms with E-state index >= 15 is 0 Å². The molecule has 130 valence electrons. The van der Waals surface area contributed by atoms with Crippen molar-refractivity contribution in [1.82, 2.24) is 10.9 Å². The van der Waals surface area contributed by atoms with E-state index in [2.05, 4.69) is 38.7 Å². The van der Waals surface area contributed by atoms with E-state index in [-0.39, 0.29) is 24.7 Å². The first-order valence-corrected chi connectivity index (χ1v) is 8.59. The Balaban J connectivity index is 1.71. The average Bonchev–Trinajstić information content (AvgIpc) is 2.60. The van der Waals surface area contributed by atoms with Crippen LogP contribution in [0.3, 0.4) is 0 Å². The number of hydrazine groups is 1. The van der Waals surface area contributed by atoms with E-state index in [4.69, 9.17) is 0 Å². The fraction of sp³-hybridized carbons (Fsp3) is 0.158. The molecule has 5 nitrogen and oxygen atoms in total. The molecule has 0 fully saturated rings. The number of anilines is 1. The van der Waals surface area contributed by atoms with Crippen LogP contribution in [0.25, 0.3) is 5.70 Å². The minimum Gasteiger partial charge on any atom is -0.326 e. The maximum Gasteiger partial charge on any atom is 0.238 e. The van der Waals surface area contributed by atoms with E-state index in [1.807, 2.05) is 55.5 Å². The maximum atomic E-state index is 11.9. The van der Waals surface area contributed by atoms with Gasteiger partial charge < -0.3 is 5.32 Å². The average molecular weight is 402 g/mol. The van der Waals surface area contributed by atoms with Crippen LogP contribution in [-0.4, -0.2) is 11.8 Å². The summed E-state index contributed by atoms with van der Waals surface area (Å²) in [6.45, 7) is 5.84. The van der Waals surface area contributed by atoms with Gasteiger partial charge in [-0.15, -0.1) is 0 Å². The Morgan fingerprint density at radius 1 is 0.920 bits per heavy atom.